The second-order valence-electron chi connectivity index (χ2n) is 8.85. The second-order valence-corrected chi connectivity index (χ2v) is 8.85. The van der Waals surface area contributed by atoms with E-state index >= 15 is 0 Å². The van der Waals surface area contributed by atoms with Crippen LogP contribution in [0, 0.1) is 11.8 Å². The number of aliphatic hydroxyl groups excluding tert-OH is 3. The maximum atomic E-state index is 13.0. The van der Waals surface area contributed by atoms with E-state index in [1.807, 2.05) is 13.0 Å². The van der Waals surface area contributed by atoms with Crippen molar-refractivity contribution in [2.24, 2.45) is 17.6 Å². The highest BCUT2D eigenvalue weighted by atomic mass is 16.4. The number of rotatable bonds is 2. The van der Waals surface area contributed by atoms with E-state index in [2.05, 4.69) is 0 Å². The Labute approximate surface area is 178 Å². The van der Waals surface area contributed by atoms with Gasteiger partial charge >= 0.3 is 0 Å². The summed E-state index contributed by atoms with van der Waals surface area (Å²) in [5, 5.41) is 55.4. The summed E-state index contributed by atoms with van der Waals surface area (Å²) in [4.78, 5) is 26.4. The molecule has 0 aromatic heterocycles. The Morgan fingerprint density at radius 3 is 2.42 bits per heavy atom. The molecule has 0 spiro atoms. The molecule has 4 rings (SSSR count). The molecule has 9 heteroatoms. The summed E-state index contributed by atoms with van der Waals surface area (Å²) in [6.45, 7) is 1.82. The first kappa shape index (κ1) is 21.4. The molecule has 31 heavy (non-hydrogen) atoms. The molecule has 0 radical (unpaired) electrons. The maximum absolute atomic E-state index is 13.0. The van der Waals surface area contributed by atoms with Crippen molar-refractivity contribution < 1.29 is 35.1 Å². The van der Waals surface area contributed by atoms with Crippen molar-refractivity contribution in [1.29, 1.82) is 0 Å². The zero-order chi connectivity index (χ0) is 23.0. The van der Waals surface area contributed by atoms with Crippen molar-refractivity contribution in [2.45, 2.75) is 37.0 Å². The van der Waals surface area contributed by atoms with Crippen molar-refractivity contribution >= 4 is 11.7 Å². The van der Waals surface area contributed by atoms with E-state index in [0.29, 0.717) is 5.56 Å². The summed E-state index contributed by atoms with van der Waals surface area (Å²) >= 11 is 0. The van der Waals surface area contributed by atoms with Gasteiger partial charge in [0.2, 0.25) is 0 Å². The van der Waals surface area contributed by atoms with Gasteiger partial charge in [-0.15, -0.1) is 0 Å². The molecule has 1 aromatic carbocycles. The van der Waals surface area contributed by atoms with Gasteiger partial charge < -0.3 is 31.3 Å². The molecule has 1 amide bonds. The molecule has 3 aliphatic carbocycles. The third kappa shape index (κ3) is 2.60. The number of nitrogens with two attached hydrogens (primary N) is 1. The number of phenols is 1. The minimum atomic E-state index is -2.58. The number of carbonyl (C=O) groups excluding carboxylic acids is 2. The first-order chi connectivity index (χ1) is 14.4. The van der Waals surface area contributed by atoms with Gasteiger partial charge in [-0.25, -0.2) is 0 Å². The zero-order valence-corrected chi connectivity index (χ0v) is 17.4. The van der Waals surface area contributed by atoms with Gasteiger partial charge in [0.25, 0.3) is 5.91 Å². The van der Waals surface area contributed by atoms with Crippen molar-refractivity contribution in [1.82, 2.24) is 4.90 Å². The normalized spacial score (nSPS) is 35.0. The molecule has 0 fully saturated rings. The quantitative estimate of drug-likeness (QED) is 0.357. The number of hydrogen-bond acceptors (Lipinski definition) is 8. The van der Waals surface area contributed by atoms with Crippen LogP contribution in [-0.2, 0) is 16.0 Å². The van der Waals surface area contributed by atoms with Crippen LogP contribution in [0.5, 0.6) is 5.75 Å². The number of hydrogen-bond donors (Lipinski definition) is 6. The minimum absolute atomic E-state index is 0.00859. The Bertz CT molecular complexity index is 1060. The average Bonchev–Trinajstić information content (AvgIpc) is 2.68. The summed E-state index contributed by atoms with van der Waals surface area (Å²) in [7, 11) is 3.06. The predicted octanol–water partition coefficient (Wildman–Crippen LogP) is 0.0122. The summed E-state index contributed by atoms with van der Waals surface area (Å²) in [6.07, 6.45) is -1.33. The third-order valence-electron chi connectivity index (χ3n) is 7.13. The Morgan fingerprint density at radius 2 is 1.84 bits per heavy atom. The van der Waals surface area contributed by atoms with Crippen LogP contribution in [-0.4, -0.2) is 74.0 Å². The number of benzene rings is 1. The van der Waals surface area contributed by atoms with Gasteiger partial charge in [-0.05, 0) is 37.2 Å². The summed E-state index contributed by atoms with van der Waals surface area (Å²) in [5.41, 5.74) is 3.48. The molecule has 3 aliphatic rings. The Balaban J connectivity index is 2.03. The van der Waals surface area contributed by atoms with E-state index in [0.717, 1.165) is 5.56 Å². The van der Waals surface area contributed by atoms with Gasteiger partial charge in [-0.2, -0.15) is 0 Å². The van der Waals surface area contributed by atoms with Gasteiger partial charge in [0.1, 0.15) is 22.8 Å². The molecule has 7 N–H and O–H groups in total. The lowest BCUT2D eigenvalue weighted by Crippen LogP contribution is -2.67. The number of primary amides is 1. The number of Topliss-reactive ketones (excluding diaryl/α,β-unsaturated/α-hetero) is 1. The topological polar surface area (TPSA) is 165 Å². The highest BCUT2D eigenvalue weighted by molar-refractivity contribution is 6.22. The number of phenolic OH excluding ortho intramolecular Hbond substituents is 1. The van der Waals surface area contributed by atoms with E-state index in [-0.39, 0.29) is 23.7 Å². The summed E-state index contributed by atoms with van der Waals surface area (Å²) in [5.74, 6) is -6.16. The SMILES string of the molecule is C[C@@H]1c2cccc(O)c2CC2=C(O)[C@]3(O)C(O)=C(C(N)=O)C(=O)[C@H](N(C)C)[C@@H]3[C@@H](O)[C@@H]21. The van der Waals surface area contributed by atoms with Crippen LogP contribution < -0.4 is 5.73 Å². The van der Waals surface area contributed by atoms with E-state index < -0.39 is 58.4 Å². The number of nitrogens with zero attached hydrogens (tertiary/aromatic N) is 1. The maximum Gasteiger partial charge on any atom is 0.255 e. The fourth-order valence-corrected chi connectivity index (χ4v) is 5.73. The summed E-state index contributed by atoms with van der Waals surface area (Å²) in [6, 6.07) is 3.79. The van der Waals surface area contributed by atoms with Crippen LogP contribution in [0.15, 0.2) is 40.9 Å². The molecule has 0 heterocycles. The third-order valence-corrected chi connectivity index (χ3v) is 7.13. The lowest BCUT2D eigenvalue weighted by atomic mass is 9.56. The Morgan fingerprint density at radius 1 is 1.19 bits per heavy atom. The Hall–Kier alpha value is -2.88. The van der Waals surface area contributed by atoms with Gasteiger partial charge in [-0.3, -0.25) is 14.5 Å². The number of amides is 1. The first-order valence-electron chi connectivity index (χ1n) is 10.0. The van der Waals surface area contributed by atoms with Crippen molar-refractivity contribution in [2.75, 3.05) is 14.1 Å². The molecule has 0 unspecified atom stereocenters. The molecule has 0 saturated heterocycles. The van der Waals surface area contributed by atoms with Gasteiger partial charge in [0.15, 0.2) is 11.4 Å². The highest BCUT2D eigenvalue weighted by Crippen LogP contribution is 2.55. The first-order valence-corrected chi connectivity index (χ1v) is 10.0. The number of fused-ring (bicyclic) bond motifs is 3. The molecule has 1 aromatic rings. The smallest absolute Gasteiger partial charge is 0.255 e. The molecule has 6 atom stereocenters. The molecule has 0 aliphatic heterocycles. The monoisotopic (exact) mass is 430 g/mol. The Kier molecular flexibility index (Phi) is 4.69. The second kappa shape index (κ2) is 6.81. The van der Waals surface area contributed by atoms with E-state index in [1.54, 1.807) is 6.07 Å². The standard InChI is InChI=1S/C22H26N2O7/c1-8-9-5-4-6-12(25)10(9)7-11-13(8)17(26)15-16(24(2)3)18(27)14(21(23)30)20(29)22(15,31)19(11)28/h4-6,8,13,15-17,25-26,28-29,31H,7H2,1-3H3,(H2,23,30)/t8-,13-,15-,16-,17+,22+/m1/s1. The predicted molar refractivity (Wildman–Crippen MR) is 109 cm³/mol. The van der Waals surface area contributed by atoms with Crippen LogP contribution in [0.25, 0.3) is 0 Å². The molecular formula is C22H26N2O7. The minimum Gasteiger partial charge on any atom is -0.509 e. The highest BCUT2D eigenvalue weighted by Gasteiger charge is 2.65. The number of ketones is 1. The number of aliphatic hydroxyl groups is 4. The zero-order valence-electron chi connectivity index (χ0n) is 17.4. The van der Waals surface area contributed by atoms with Gasteiger partial charge in [-0.1, -0.05) is 19.1 Å². The molecular weight excluding hydrogens is 404 g/mol. The molecule has 166 valence electrons. The summed E-state index contributed by atoms with van der Waals surface area (Å²) < 4.78 is 0. The van der Waals surface area contributed by atoms with E-state index in [4.69, 9.17) is 5.73 Å². The fourth-order valence-electron chi connectivity index (χ4n) is 5.73. The van der Waals surface area contributed by atoms with Crippen LogP contribution in [0.2, 0.25) is 0 Å². The lowest BCUT2D eigenvalue weighted by molar-refractivity contribution is -0.152. The molecule has 9 nitrogen and oxygen atoms in total. The van der Waals surface area contributed by atoms with E-state index in [1.165, 1.54) is 25.1 Å². The lowest BCUT2D eigenvalue weighted by Gasteiger charge is -2.54. The van der Waals surface area contributed by atoms with Crippen LogP contribution >= 0.6 is 0 Å². The largest absolute Gasteiger partial charge is 0.509 e. The van der Waals surface area contributed by atoms with Crippen molar-refractivity contribution in [3.8, 4) is 5.75 Å². The van der Waals surface area contributed by atoms with Crippen LogP contribution in [0.3, 0.4) is 0 Å². The van der Waals surface area contributed by atoms with Crippen LogP contribution in [0.4, 0.5) is 0 Å². The number of carbonyl (C=O) groups is 2. The molecule has 0 saturated carbocycles. The van der Waals surface area contributed by atoms with Gasteiger partial charge in [0, 0.05) is 17.9 Å². The van der Waals surface area contributed by atoms with Crippen molar-refractivity contribution in [3.63, 3.8) is 0 Å². The fraction of sp³-hybridized carbons (Fsp3) is 0.455. The van der Waals surface area contributed by atoms with Crippen LogP contribution in [0.1, 0.15) is 24.0 Å². The van der Waals surface area contributed by atoms with Gasteiger partial charge in [0.05, 0.1) is 18.1 Å². The van der Waals surface area contributed by atoms with Crippen molar-refractivity contribution in [3.05, 3.63) is 52.0 Å². The number of aromatic hydroxyl groups is 1. The number of likely N-dealkylation sites (N-methyl/N-ethyl adjacent to an activating group) is 1. The van der Waals surface area contributed by atoms with E-state index in [9.17, 15) is 35.1 Å². The average molecular weight is 430 g/mol. The molecule has 0 bridgehead atoms.